The lowest BCUT2D eigenvalue weighted by Gasteiger charge is -2.05. The highest BCUT2D eigenvalue weighted by Crippen LogP contribution is 2.32. The summed E-state index contributed by atoms with van der Waals surface area (Å²) in [5, 5.41) is -1.15. The molecule has 14 heavy (non-hydrogen) atoms. The van der Waals surface area contributed by atoms with E-state index in [0.717, 1.165) is 6.07 Å². The minimum absolute atomic E-state index is 0.0316. The fourth-order valence-corrected chi connectivity index (χ4v) is 1.45. The Morgan fingerprint density at radius 3 is 2.57 bits per heavy atom. The molecule has 76 valence electrons. The van der Waals surface area contributed by atoms with Crippen molar-refractivity contribution in [3.63, 3.8) is 0 Å². The fourth-order valence-electron chi connectivity index (χ4n) is 0.776. The van der Waals surface area contributed by atoms with Crippen LogP contribution in [0.4, 0.5) is 8.78 Å². The van der Waals surface area contributed by atoms with E-state index in [1.54, 1.807) is 0 Å². The number of hydrogen-bond donors (Lipinski definition) is 0. The van der Waals surface area contributed by atoms with Crippen LogP contribution < -0.4 is 0 Å². The van der Waals surface area contributed by atoms with Crippen molar-refractivity contribution >= 4 is 44.4 Å². The Labute approximate surface area is 96.3 Å². The smallest absolute Gasteiger partial charge is 0.270 e. The number of carbonyl (C=O) groups is 1. The van der Waals surface area contributed by atoms with Crippen molar-refractivity contribution in [2.24, 2.45) is 0 Å². The summed E-state index contributed by atoms with van der Waals surface area (Å²) >= 11 is 13.4. The van der Waals surface area contributed by atoms with Crippen molar-refractivity contribution in [1.29, 1.82) is 0 Å². The lowest BCUT2D eigenvalue weighted by Crippen LogP contribution is -1.99. The molecule has 0 aliphatic rings. The molecule has 0 aliphatic carbocycles. The van der Waals surface area contributed by atoms with Crippen LogP contribution in [0, 0.1) is 0 Å². The maximum atomic E-state index is 12.4. The van der Waals surface area contributed by atoms with Gasteiger partial charge < -0.3 is 0 Å². The van der Waals surface area contributed by atoms with Gasteiger partial charge in [0.25, 0.3) is 11.7 Å². The summed E-state index contributed by atoms with van der Waals surface area (Å²) in [4.78, 5) is 14.2. The standard InChI is InChI=1S/C7H2BrCl2F2NO/c8-4-2(7(11)12)1-3(6(10)14)13-5(4)9/h1,7H. The van der Waals surface area contributed by atoms with Crippen molar-refractivity contribution in [2.45, 2.75) is 6.43 Å². The highest BCUT2D eigenvalue weighted by molar-refractivity contribution is 9.10. The predicted molar refractivity (Wildman–Crippen MR) is 52.1 cm³/mol. The molecule has 0 saturated carbocycles. The van der Waals surface area contributed by atoms with E-state index in [2.05, 4.69) is 20.9 Å². The van der Waals surface area contributed by atoms with Gasteiger partial charge in [-0.2, -0.15) is 0 Å². The van der Waals surface area contributed by atoms with Gasteiger partial charge in [-0.1, -0.05) is 11.6 Å². The van der Waals surface area contributed by atoms with Crippen molar-refractivity contribution in [3.05, 3.63) is 26.9 Å². The van der Waals surface area contributed by atoms with Crippen LogP contribution in [0.15, 0.2) is 10.5 Å². The van der Waals surface area contributed by atoms with E-state index in [1.807, 2.05) is 0 Å². The third-order valence-corrected chi connectivity index (χ3v) is 2.91. The lowest BCUT2D eigenvalue weighted by atomic mass is 10.2. The van der Waals surface area contributed by atoms with Gasteiger partial charge in [0.1, 0.15) is 10.8 Å². The summed E-state index contributed by atoms with van der Waals surface area (Å²) in [5.41, 5.74) is -0.704. The number of aromatic nitrogens is 1. The Hall–Kier alpha value is -0.260. The van der Waals surface area contributed by atoms with E-state index in [-0.39, 0.29) is 15.3 Å². The van der Waals surface area contributed by atoms with Gasteiger partial charge in [-0.15, -0.1) is 0 Å². The minimum atomic E-state index is -2.75. The third-order valence-electron chi connectivity index (χ3n) is 1.38. The summed E-state index contributed by atoms with van der Waals surface area (Å²) in [6, 6.07) is 0.899. The van der Waals surface area contributed by atoms with Gasteiger partial charge in [0.05, 0.1) is 4.47 Å². The first-order valence-corrected chi connectivity index (χ1v) is 4.82. The maximum Gasteiger partial charge on any atom is 0.270 e. The predicted octanol–water partition coefficient (Wildman–Crippen LogP) is 3.81. The lowest BCUT2D eigenvalue weighted by molar-refractivity contribution is 0.107. The SMILES string of the molecule is O=C(Cl)c1cc(C(F)F)c(Br)c(Cl)n1. The Bertz CT molecular complexity index is 386. The van der Waals surface area contributed by atoms with E-state index < -0.39 is 17.2 Å². The molecule has 0 atom stereocenters. The molecule has 0 amide bonds. The van der Waals surface area contributed by atoms with Gasteiger partial charge >= 0.3 is 0 Å². The summed E-state index contributed by atoms with van der Waals surface area (Å²) < 4.78 is 24.7. The van der Waals surface area contributed by atoms with Gasteiger partial charge in [-0.25, -0.2) is 13.8 Å². The van der Waals surface area contributed by atoms with Crippen molar-refractivity contribution in [3.8, 4) is 0 Å². The van der Waals surface area contributed by atoms with E-state index in [4.69, 9.17) is 23.2 Å². The molecule has 0 saturated heterocycles. The first-order chi connectivity index (χ1) is 6.43. The molecule has 1 aromatic heterocycles. The molecule has 0 radical (unpaired) electrons. The van der Waals surface area contributed by atoms with Crippen LogP contribution in [0.25, 0.3) is 0 Å². The third kappa shape index (κ3) is 2.40. The first-order valence-electron chi connectivity index (χ1n) is 3.27. The number of alkyl halides is 2. The van der Waals surface area contributed by atoms with Crippen LogP contribution in [-0.2, 0) is 0 Å². The second-order valence-corrected chi connectivity index (χ2v) is 3.77. The number of nitrogens with zero attached hydrogens (tertiary/aromatic N) is 1. The normalized spacial score (nSPS) is 10.7. The molecular formula is C7H2BrCl2F2NO. The summed E-state index contributed by atoms with van der Waals surface area (Å²) in [7, 11) is 0. The van der Waals surface area contributed by atoms with Crippen LogP contribution in [0.1, 0.15) is 22.5 Å². The van der Waals surface area contributed by atoms with E-state index in [1.165, 1.54) is 0 Å². The molecule has 0 spiro atoms. The number of hydrogen-bond acceptors (Lipinski definition) is 2. The summed E-state index contributed by atoms with van der Waals surface area (Å²) in [6.45, 7) is 0. The van der Waals surface area contributed by atoms with Gasteiger partial charge in [0, 0.05) is 5.56 Å². The first kappa shape index (κ1) is 11.8. The minimum Gasteiger partial charge on any atom is -0.274 e. The molecule has 0 aromatic carbocycles. The zero-order valence-electron chi connectivity index (χ0n) is 6.40. The van der Waals surface area contributed by atoms with E-state index >= 15 is 0 Å². The Balaban J connectivity index is 3.35. The average molecular weight is 305 g/mol. The topological polar surface area (TPSA) is 30.0 Å². The summed E-state index contributed by atoms with van der Waals surface area (Å²) in [5.74, 6) is 0. The Morgan fingerprint density at radius 2 is 2.14 bits per heavy atom. The zero-order chi connectivity index (χ0) is 10.9. The van der Waals surface area contributed by atoms with Crippen molar-refractivity contribution < 1.29 is 13.6 Å². The van der Waals surface area contributed by atoms with Gasteiger partial charge in [0.15, 0.2) is 0 Å². The number of rotatable bonds is 2. The largest absolute Gasteiger partial charge is 0.274 e. The molecule has 2 nitrogen and oxygen atoms in total. The number of carbonyl (C=O) groups excluding carboxylic acids is 1. The monoisotopic (exact) mass is 303 g/mol. The Kier molecular flexibility index (Phi) is 3.80. The molecule has 0 N–H and O–H groups in total. The molecule has 0 fully saturated rings. The second-order valence-electron chi connectivity index (χ2n) is 2.28. The van der Waals surface area contributed by atoms with Crippen molar-refractivity contribution in [1.82, 2.24) is 4.98 Å². The molecule has 0 aliphatic heterocycles. The van der Waals surface area contributed by atoms with E-state index in [0.29, 0.717) is 0 Å². The fraction of sp³-hybridized carbons (Fsp3) is 0.143. The number of pyridine rings is 1. The maximum absolute atomic E-state index is 12.4. The molecule has 0 unspecified atom stereocenters. The average Bonchev–Trinajstić information content (AvgIpc) is 2.08. The van der Waals surface area contributed by atoms with Crippen LogP contribution in [0.5, 0.6) is 0 Å². The molecular weight excluding hydrogens is 303 g/mol. The highest BCUT2D eigenvalue weighted by atomic mass is 79.9. The van der Waals surface area contributed by atoms with Gasteiger partial charge in [-0.05, 0) is 33.6 Å². The molecule has 0 bridgehead atoms. The quantitative estimate of drug-likeness (QED) is 0.614. The van der Waals surface area contributed by atoms with Crippen LogP contribution >= 0.6 is 39.1 Å². The highest BCUT2D eigenvalue weighted by Gasteiger charge is 2.18. The second kappa shape index (κ2) is 4.51. The van der Waals surface area contributed by atoms with Crippen LogP contribution in [0.2, 0.25) is 5.15 Å². The molecule has 1 heterocycles. The van der Waals surface area contributed by atoms with Crippen molar-refractivity contribution in [2.75, 3.05) is 0 Å². The van der Waals surface area contributed by atoms with Crippen LogP contribution in [0.3, 0.4) is 0 Å². The summed E-state index contributed by atoms with van der Waals surface area (Å²) in [6.07, 6.45) is -2.75. The zero-order valence-corrected chi connectivity index (χ0v) is 9.50. The van der Waals surface area contributed by atoms with Gasteiger partial charge in [-0.3, -0.25) is 4.79 Å². The van der Waals surface area contributed by atoms with Crippen LogP contribution in [-0.4, -0.2) is 10.2 Å². The molecule has 7 heteroatoms. The van der Waals surface area contributed by atoms with Gasteiger partial charge in [0.2, 0.25) is 0 Å². The Morgan fingerprint density at radius 1 is 1.57 bits per heavy atom. The molecule has 1 aromatic rings. The van der Waals surface area contributed by atoms with E-state index in [9.17, 15) is 13.6 Å². The molecule has 1 rings (SSSR count). The number of halogens is 5.